The molecule has 0 N–H and O–H groups in total. The number of ether oxygens (including phenoxy) is 2. The van der Waals surface area contributed by atoms with Crippen LogP contribution in [0.15, 0.2) is 12.7 Å². The monoisotopic (exact) mass is 184 g/mol. The quantitative estimate of drug-likeness (QED) is 0.274. The zero-order chi connectivity index (χ0) is 9.73. The second-order valence-corrected chi connectivity index (χ2v) is 3.28. The summed E-state index contributed by atoms with van der Waals surface area (Å²) in [7, 11) is 0. The maximum Gasteiger partial charge on any atom is 0.332 e. The Morgan fingerprint density at radius 1 is 1.69 bits per heavy atom. The third-order valence-corrected chi connectivity index (χ3v) is 2.08. The first kappa shape index (κ1) is 10.3. The average Bonchev–Trinajstić information content (AvgIpc) is 2.86. The van der Waals surface area contributed by atoms with Gasteiger partial charge in [0.05, 0.1) is 0 Å². The molecule has 0 aromatic carbocycles. The minimum absolute atomic E-state index is 0.394. The number of carbonyl (C=O) groups excluding carboxylic acids is 1. The molecule has 0 aliphatic carbocycles. The predicted molar refractivity (Wildman–Crippen MR) is 49.1 cm³/mol. The molecule has 13 heavy (non-hydrogen) atoms. The minimum atomic E-state index is -0.597. The van der Waals surface area contributed by atoms with Crippen molar-refractivity contribution in [2.75, 3.05) is 6.61 Å². The van der Waals surface area contributed by atoms with Crippen molar-refractivity contribution in [3.8, 4) is 0 Å². The summed E-state index contributed by atoms with van der Waals surface area (Å²) in [6.07, 6.45) is 5.33. The Kier molecular flexibility index (Phi) is 3.48. The molecule has 1 fully saturated rings. The van der Waals surface area contributed by atoms with Gasteiger partial charge in [-0.25, -0.2) is 4.79 Å². The van der Waals surface area contributed by atoms with Crippen molar-refractivity contribution >= 4 is 5.97 Å². The van der Waals surface area contributed by atoms with E-state index in [2.05, 4.69) is 13.5 Å². The van der Waals surface area contributed by atoms with Crippen LogP contribution >= 0.6 is 0 Å². The molecule has 3 heteroatoms. The number of epoxide rings is 1. The number of unbranched alkanes of at least 4 members (excludes halogenated alkanes) is 2. The lowest BCUT2D eigenvalue weighted by atomic mass is 10.1. The fraction of sp³-hybridized carbons (Fsp3) is 0.700. The van der Waals surface area contributed by atoms with Crippen LogP contribution in [0.2, 0.25) is 0 Å². The van der Waals surface area contributed by atoms with Crippen molar-refractivity contribution in [2.24, 2.45) is 0 Å². The summed E-state index contributed by atoms with van der Waals surface area (Å²) in [5.74, 6) is -0.991. The molecular formula is C10H16O3. The zero-order valence-corrected chi connectivity index (χ0v) is 8.04. The Balaban J connectivity index is 2.22. The number of esters is 1. The fourth-order valence-corrected chi connectivity index (χ4v) is 1.20. The largest absolute Gasteiger partial charge is 0.427 e. The average molecular weight is 184 g/mol. The van der Waals surface area contributed by atoms with Gasteiger partial charge in [0, 0.05) is 12.5 Å². The van der Waals surface area contributed by atoms with E-state index >= 15 is 0 Å². The lowest BCUT2D eigenvalue weighted by Gasteiger charge is -2.10. The van der Waals surface area contributed by atoms with Gasteiger partial charge in [-0.1, -0.05) is 26.3 Å². The fourth-order valence-electron chi connectivity index (χ4n) is 1.20. The van der Waals surface area contributed by atoms with Crippen LogP contribution in [-0.2, 0) is 14.3 Å². The molecule has 0 amide bonds. The van der Waals surface area contributed by atoms with Gasteiger partial charge in [-0.05, 0) is 6.42 Å². The molecule has 1 atom stereocenters. The SMILES string of the molecule is C=CC(=O)OC1(CCCCC)CO1. The summed E-state index contributed by atoms with van der Waals surface area (Å²) in [5.41, 5.74) is 0. The first-order valence-corrected chi connectivity index (χ1v) is 4.72. The number of carbonyl (C=O) groups is 1. The summed E-state index contributed by atoms with van der Waals surface area (Å²) in [4.78, 5) is 10.9. The van der Waals surface area contributed by atoms with E-state index in [-0.39, 0.29) is 0 Å². The summed E-state index contributed by atoms with van der Waals surface area (Å²) in [5, 5.41) is 0. The van der Waals surface area contributed by atoms with Crippen molar-refractivity contribution in [1.29, 1.82) is 0 Å². The summed E-state index contributed by atoms with van der Waals surface area (Å²) < 4.78 is 10.2. The molecule has 0 aromatic heterocycles. The molecule has 1 saturated heterocycles. The molecule has 0 aromatic rings. The van der Waals surface area contributed by atoms with Gasteiger partial charge >= 0.3 is 5.97 Å². The van der Waals surface area contributed by atoms with Gasteiger partial charge in [0.2, 0.25) is 5.79 Å². The van der Waals surface area contributed by atoms with E-state index in [0.717, 1.165) is 25.7 Å². The highest BCUT2D eigenvalue weighted by Crippen LogP contribution is 2.34. The predicted octanol–water partition coefficient (Wildman–Crippen LogP) is 2.02. The molecule has 1 aliphatic rings. The van der Waals surface area contributed by atoms with Gasteiger partial charge < -0.3 is 9.47 Å². The topological polar surface area (TPSA) is 38.8 Å². The highest BCUT2D eigenvalue weighted by atomic mass is 16.8. The van der Waals surface area contributed by atoms with E-state index in [4.69, 9.17) is 9.47 Å². The Bertz CT molecular complexity index is 194. The first-order chi connectivity index (χ1) is 6.22. The molecule has 0 radical (unpaired) electrons. The number of hydrogen-bond donors (Lipinski definition) is 0. The van der Waals surface area contributed by atoms with Crippen LogP contribution in [0.5, 0.6) is 0 Å². The Labute approximate surface area is 78.7 Å². The molecule has 1 heterocycles. The smallest absolute Gasteiger partial charge is 0.332 e. The van der Waals surface area contributed by atoms with Crippen molar-refractivity contribution in [3.05, 3.63) is 12.7 Å². The van der Waals surface area contributed by atoms with E-state index in [1.165, 1.54) is 6.08 Å². The van der Waals surface area contributed by atoms with Crippen LogP contribution in [0, 0.1) is 0 Å². The van der Waals surface area contributed by atoms with E-state index in [1.54, 1.807) is 0 Å². The lowest BCUT2D eigenvalue weighted by Crippen LogP contribution is -2.19. The molecule has 0 saturated carbocycles. The van der Waals surface area contributed by atoms with Gasteiger partial charge in [-0.15, -0.1) is 0 Å². The van der Waals surface area contributed by atoms with E-state index < -0.39 is 11.8 Å². The molecule has 1 unspecified atom stereocenters. The normalized spacial score (nSPS) is 25.3. The summed E-state index contributed by atoms with van der Waals surface area (Å²) >= 11 is 0. The van der Waals surface area contributed by atoms with Crippen LogP contribution in [0.3, 0.4) is 0 Å². The van der Waals surface area contributed by atoms with Crippen LogP contribution in [-0.4, -0.2) is 18.4 Å². The van der Waals surface area contributed by atoms with Gasteiger partial charge in [0.1, 0.15) is 6.61 Å². The summed E-state index contributed by atoms with van der Waals surface area (Å²) in [6, 6.07) is 0. The Hall–Kier alpha value is -0.830. The van der Waals surface area contributed by atoms with E-state index in [0.29, 0.717) is 6.61 Å². The van der Waals surface area contributed by atoms with Crippen molar-refractivity contribution in [2.45, 2.75) is 38.4 Å². The lowest BCUT2D eigenvalue weighted by molar-refractivity contribution is -0.153. The maximum absolute atomic E-state index is 10.9. The van der Waals surface area contributed by atoms with Crippen molar-refractivity contribution in [1.82, 2.24) is 0 Å². The standard InChI is InChI=1S/C10H16O3/c1-3-5-6-7-10(8-12-10)13-9(11)4-2/h4H,2-3,5-8H2,1H3. The third kappa shape index (κ3) is 3.19. The Morgan fingerprint density at radius 2 is 2.38 bits per heavy atom. The minimum Gasteiger partial charge on any atom is -0.427 e. The molecule has 1 rings (SSSR count). The van der Waals surface area contributed by atoms with Crippen LogP contribution < -0.4 is 0 Å². The van der Waals surface area contributed by atoms with Crippen LogP contribution in [0.25, 0.3) is 0 Å². The van der Waals surface area contributed by atoms with Crippen LogP contribution in [0.1, 0.15) is 32.6 Å². The summed E-state index contributed by atoms with van der Waals surface area (Å²) in [6.45, 7) is 6.01. The molecule has 74 valence electrons. The van der Waals surface area contributed by atoms with Crippen molar-refractivity contribution in [3.63, 3.8) is 0 Å². The molecular weight excluding hydrogens is 168 g/mol. The zero-order valence-electron chi connectivity index (χ0n) is 8.04. The van der Waals surface area contributed by atoms with Crippen molar-refractivity contribution < 1.29 is 14.3 Å². The van der Waals surface area contributed by atoms with E-state index in [1.807, 2.05) is 0 Å². The highest BCUT2D eigenvalue weighted by Gasteiger charge is 2.48. The maximum atomic E-state index is 10.9. The molecule has 1 aliphatic heterocycles. The van der Waals surface area contributed by atoms with Crippen LogP contribution in [0.4, 0.5) is 0 Å². The number of hydrogen-bond acceptors (Lipinski definition) is 3. The molecule has 0 spiro atoms. The highest BCUT2D eigenvalue weighted by molar-refractivity contribution is 5.81. The van der Waals surface area contributed by atoms with Gasteiger partial charge in [-0.3, -0.25) is 0 Å². The van der Waals surface area contributed by atoms with Gasteiger partial charge in [0.25, 0.3) is 0 Å². The van der Waals surface area contributed by atoms with Gasteiger partial charge in [-0.2, -0.15) is 0 Å². The Morgan fingerprint density at radius 3 is 2.85 bits per heavy atom. The molecule has 3 nitrogen and oxygen atoms in total. The van der Waals surface area contributed by atoms with E-state index in [9.17, 15) is 4.79 Å². The third-order valence-electron chi connectivity index (χ3n) is 2.08. The molecule has 0 bridgehead atoms. The second-order valence-electron chi connectivity index (χ2n) is 3.28. The number of rotatable bonds is 6. The first-order valence-electron chi connectivity index (χ1n) is 4.72. The second kappa shape index (κ2) is 4.42. The van der Waals surface area contributed by atoms with Gasteiger partial charge in [0.15, 0.2) is 0 Å².